The van der Waals surface area contributed by atoms with E-state index in [9.17, 15) is 8.78 Å². The van der Waals surface area contributed by atoms with Crippen molar-refractivity contribution in [2.75, 3.05) is 0 Å². The van der Waals surface area contributed by atoms with E-state index in [1.165, 1.54) is 17.4 Å². The molecule has 0 unspecified atom stereocenters. The van der Waals surface area contributed by atoms with E-state index in [1.54, 1.807) is 0 Å². The molecule has 0 aliphatic carbocycles. The molecule has 0 aliphatic rings. The van der Waals surface area contributed by atoms with Gasteiger partial charge in [0.2, 0.25) is 0 Å². The van der Waals surface area contributed by atoms with Crippen LogP contribution in [0.2, 0.25) is 0 Å². The van der Waals surface area contributed by atoms with Crippen LogP contribution in [0.3, 0.4) is 0 Å². The monoisotopic (exact) mass is 250 g/mol. The van der Waals surface area contributed by atoms with E-state index in [1.807, 2.05) is 11.4 Å². The first kappa shape index (κ1) is 11.7. The molecule has 0 aliphatic heterocycles. The van der Waals surface area contributed by atoms with Crippen molar-refractivity contribution in [3.05, 3.63) is 40.9 Å². The topological polar surface area (TPSA) is 36.7 Å². The Morgan fingerprint density at radius 1 is 1.29 bits per heavy atom. The molecule has 2 rings (SSSR count). The molecule has 2 aromatic rings. The van der Waals surface area contributed by atoms with Crippen molar-refractivity contribution in [1.82, 2.24) is 4.98 Å². The van der Waals surface area contributed by atoms with Crippen molar-refractivity contribution in [2.45, 2.75) is 12.8 Å². The largest absolute Gasteiger partial charge is 0.241 e. The number of nitriles is 1. The van der Waals surface area contributed by atoms with Crippen molar-refractivity contribution in [3.63, 3.8) is 0 Å². The first-order chi connectivity index (χ1) is 8.20. The molecule has 1 heterocycles. The zero-order chi connectivity index (χ0) is 12.3. The second kappa shape index (κ2) is 5.02. The van der Waals surface area contributed by atoms with Crippen molar-refractivity contribution in [2.24, 2.45) is 0 Å². The van der Waals surface area contributed by atoms with Gasteiger partial charge < -0.3 is 0 Å². The summed E-state index contributed by atoms with van der Waals surface area (Å²) in [5.41, 5.74) is 1.35. The molecule has 17 heavy (non-hydrogen) atoms. The van der Waals surface area contributed by atoms with Gasteiger partial charge in [-0.2, -0.15) is 5.26 Å². The van der Waals surface area contributed by atoms with E-state index >= 15 is 0 Å². The van der Waals surface area contributed by atoms with Crippen molar-refractivity contribution >= 4 is 11.3 Å². The molecule has 0 N–H and O–H groups in total. The first-order valence-electron chi connectivity index (χ1n) is 4.97. The van der Waals surface area contributed by atoms with Crippen molar-refractivity contribution < 1.29 is 8.78 Å². The van der Waals surface area contributed by atoms with Crippen LogP contribution in [0.5, 0.6) is 0 Å². The summed E-state index contributed by atoms with van der Waals surface area (Å²) in [6.07, 6.45) is 0.984. The number of aryl methyl sites for hydroxylation is 1. The van der Waals surface area contributed by atoms with E-state index < -0.39 is 11.6 Å². The number of nitrogens with zero attached hydrogens (tertiary/aromatic N) is 2. The SMILES string of the molecule is N#CCCc1csc(-c2ccc(F)c(F)c2)n1. The minimum Gasteiger partial charge on any atom is -0.241 e. The van der Waals surface area contributed by atoms with Gasteiger partial charge in [-0.3, -0.25) is 0 Å². The van der Waals surface area contributed by atoms with Gasteiger partial charge in [-0.1, -0.05) is 0 Å². The lowest BCUT2D eigenvalue weighted by molar-refractivity contribution is 0.509. The van der Waals surface area contributed by atoms with E-state index in [0.717, 1.165) is 17.8 Å². The van der Waals surface area contributed by atoms with Crippen LogP contribution in [0.4, 0.5) is 8.78 Å². The Labute approximate surface area is 101 Å². The van der Waals surface area contributed by atoms with Crippen LogP contribution in [0.15, 0.2) is 23.6 Å². The molecule has 0 saturated carbocycles. The van der Waals surface area contributed by atoms with Gasteiger partial charge >= 0.3 is 0 Å². The quantitative estimate of drug-likeness (QED) is 0.835. The third-order valence-corrected chi connectivity index (χ3v) is 3.15. The van der Waals surface area contributed by atoms with Crippen LogP contribution < -0.4 is 0 Å². The van der Waals surface area contributed by atoms with Gasteiger partial charge in [0.15, 0.2) is 11.6 Å². The maximum atomic E-state index is 13.0. The fourth-order valence-corrected chi connectivity index (χ4v) is 2.22. The molecular formula is C12H8F2N2S. The Hall–Kier alpha value is -1.80. The van der Waals surface area contributed by atoms with Gasteiger partial charge in [0, 0.05) is 23.8 Å². The van der Waals surface area contributed by atoms with Gasteiger partial charge in [-0.05, 0) is 18.2 Å². The fraction of sp³-hybridized carbons (Fsp3) is 0.167. The number of aromatic nitrogens is 1. The number of halogens is 2. The molecular weight excluding hydrogens is 242 g/mol. The molecule has 0 spiro atoms. The predicted octanol–water partition coefficient (Wildman–Crippen LogP) is 3.54. The summed E-state index contributed by atoms with van der Waals surface area (Å²) in [7, 11) is 0. The van der Waals surface area contributed by atoms with Crippen LogP contribution in [-0.2, 0) is 6.42 Å². The summed E-state index contributed by atoms with van der Waals surface area (Å²) in [4.78, 5) is 4.27. The van der Waals surface area contributed by atoms with E-state index in [4.69, 9.17) is 5.26 Å². The highest BCUT2D eigenvalue weighted by Crippen LogP contribution is 2.25. The zero-order valence-electron chi connectivity index (χ0n) is 8.78. The van der Waals surface area contributed by atoms with Crippen LogP contribution in [0, 0.1) is 23.0 Å². The second-order valence-corrected chi connectivity index (χ2v) is 4.29. The number of benzene rings is 1. The Kier molecular flexibility index (Phi) is 3.45. The standard InChI is InChI=1S/C12H8F2N2S/c13-10-4-3-8(6-11(10)14)12-16-9(7-17-12)2-1-5-15/h3-4,6-7H,1-2H2. The molecule has 0 atom stereocenters. The Balaban J connectivity index is 2.25. The smallest absolute Gasteiger partial charge is 0.159 e. The maximum Gasteiger partial charge on any atom is 0.159 e. The van der Waals surface area contributed by atoms with Crippen LogP contribution in [0.1, 0.15) is 12.1 Å². The Bertz CT molecular complexity index is 572. The minimum atomic E-state index is -0.878. The van der Waals surface area contributed by atoms with Crippen LogP contribution in [-0.4, -0.2) is 4.98 Å². The summed E-state index contributed by atoms with van der Waals surface area (Å²) in [5, 5.41) is 10.9. The number of thiazole rings is 1. The minimum absolute atomic E-state index is 0.404. The molecule has 0 fully saturated rings. The van der Waals surface area contributed by atoms with E-state index in [2.05, 4.69) is 4.98 Å². The van der Waals surface area contributed by atoms with E-state index in [0.29, 0.717) is 23.4 Å². The van der Waals surface area contributed by atoms with Crippen LogP contribution in [0.25, 0.3) is 10.6 Å². The summed E-state index contributed by atoms with van der Waals surface area (Å²) < 4.78 is 25.8. The molecule has 1 aromatic heterocycles. The van der Waals surface area contributed by atoms with E-state index in [-0.39, 0.29) is 0 Å². The molecule has 86 valence electrons. The maximum absolute atomic E-state index is 13.0. The first-order valence-corrected chi connectivity index (χ1v) is 5.85. The highest BCUT2D eigenvalue weighted by molar-refractivity contribution is 7.13. The second-order valence-electron chi connectivity index (χ2n) is 3.43. The van der Waals surface area contributed by atoms with Gasteiger partial charge in [-0.15, -0.1) is 11.3 Å². The highest BCUT2D eigenvalue weighted by Gasteiger charge is 2.08. The van der Waals surface area contributed by atoms with Crippen LogP contribution >= 0.6 is 11.3 Å². The molecule has 0 radical (unpaired) electrons. The molecule has 0 bridgehead atoms. The summed E-state index contributed by atoms with van der Waals surface area (Å²) in [6.45, 7) is 0. The average Bonchev–Trinajstić information content (AvgIpc) is 2.79. The zero-order valence-corrected chi connectivity index (χ0v) is 9.60. The normalized spacial score (nSPS) is 10.2. The molecule has 5 heteroatoms. The summed E-state index contributed by atoms with van der Waals surface area (Å²) in [5.74, 6) is -1.74. The van der Waals surface area contributed by atoms with Crippen molar-refractivity contribution in [3.8, 4) is 16.6 Å². The number of hydrogen-bond donors (Lipinski definition) is 0. The highest BCUT2D eigenvalue weighted by atomic mass is 32.1. The number of hydrogen-bond acceptors (Lipinski definition) is 3. The van der Waals surface area contributed by atoms with Gasteiger partial charge in [0.1, 0.15) is 5.01 Å². The molecule has 0 saturated heterocycles. The summed E-state index contributed by atoms with van der Waals surface area (Å²) in [6, 6.07) is 5.74. The average molecular weight is 250 g/mol. The fourth-order valence-electron chi connectivity index (χ4n) is 1.37. The Morgan fingerprint density at radius 3 is 2.82 bits per heavy atom. The molecule has 2 nitrogen and oxygen atoms in total. The van der Waals surface area contributed by atoms with Crippen molar-refractivity contribution in [1.29, 1.82) is 5.26 Å². The lowest BCUT2D eigenvalue weighted by Gasteiger charge is -1.97. The number of rotatable bonds is 3. The summed E-state index contributed by atoms with van der Waals surface area (Å²) >= 11 is 1.36. The van der Waals surface area contributed by atoms with Gasteiger partial charge in [0.25, 0.3) is 0 Å². The van der Waals surface area contributed by atoms with Gasteiger partial charge in [-0.25, -0.2) is 13.8 Å². The lowest BCUT2D eigenvalue weighted by Crippen LogP contribution is -1.86. The third-order valence-electron chi connectivity index (χ3n) is 2.21. The lowest BCUT2D eigenvalue weighted by atomic mass is 10.2. The predicted molar refractivity (Wildman–Crippen MR) is 61.4 cm³/mol. The third kappa shape index (κ3) is 2.66. The van der Waals surface area contributed by atoms with Gasteiger partial charge in [0.05, 0.1) is 11.8 Å². The molecule has 1 aromatic carbocycles. The molecule has 0 amide bonds. The Morgan fingerprint density at radius 2 is 2.12 bits per heavy atom.